The second-order valence-corrected chi connectivity index (χ2v) is 5.32. The Hall–Kier alpha value is -1.46. The maximum Gasteiger partial charge on any atom is 0.238 e. The van der Waals surface area contributed by atoms with Crippen molar-refractivity contribution in [3.8, 4) is 0 Å². The Morgan fingerprint density at radius 1 is 1.30 bits per heavy atom. The standard InChI is InChI=1S/C15H23N3OS/c1-4-13(5-2)18(3)10-14(19)17-12-8-6-11(7-9-12)15(16)20/h6-9,13H,4-5,10H2,1-3H3,(H2,16,20)(H,17,19). The molecule has 5 heteroatoms. The molecule has 0 aromatic heterocycles. The SMILES string of the molecule is CCC(CC)N(C)CC(=O)Nc1ccc(C(N)=S)cc1. The van der Waals surface area contributed by atoms with Gasteiger partial charge in [0.15, 0.2) is 0 Å². The highest BCUT2D eigenvalue weighted by Crippen LogP contribution is 2.10. The van der Waals surface area contributed by atoms with E-state index in [-0.39, 0.29) is 5.91 Å². The fourth-order valence-electron chi connectivity index (χ4n) is 2.19. The van der Waals surface area contributed by atoms with Crippen LogP contribution in [0.5, 0.6) is 0 Å². The van der Waals surface area contributed by atoms with Crippen molar-refractivity contribution in [2.75, 3.05) is 18.9 Å². The molecule has 0 aliphatic carbocycles. The predicted molar refractivity (Wildman–Crippen MR) is 88.0 cm³/mol. The summed E-state index contributed by atoms with van der Waals surface area (Å²) in [4.78, 5) is 14.4. The monoisotopic (exact) mass is 293 g/mol. The molecule has 0 fully saturated rings. The molecule has 0 saturated heterocycles. The largest absolute Gasteiger partial charge is 0.389 e. The lowest BCUT2D eigenvalue weighted by Gasteiger charge is -2.25. The highest BCUT2D eigenvalue weighted by Gasteiger charge is 2.14. The first-order chi connectivity index (χ1) is 9.47. The number of carbonyl (C=O) groups is 1. The van der Waals surface area contributed by atoms with Crippen molar-refractivity contribution in [1.29, 1.82) is 0 Å². The van der Waals surface area contributed by atoms with Crippen LogP contribution in [0.3, 0.4) is 0 Å². The van der Waals surface area contributed by atoms with Gasteiger partial charge in [0.25, 0.3) is 0 Å². The zero-order chi connectivity index (χ0) is 15.1. The first-order valence-corrected chi connectivity index (χ1v) is 7.28. The molecule has 1 rings (SSSR count). The third-order valence-corrected chi connectivity index (χ3v) is 3.65. The molecule has 1 amide bonds. The molecule has 4 nitrogen and oxygen atoms in total. The van der Waals surface area contributed by atoms with E-state index in [4.69, 9.17) is 18.0 Å². The second kappa shape index (κ2) is 7.97. The van der Waals surface area contributed by atoms with Crippen LogP contribution in [0.2, 0.25) is 0 Å². The molecule has 0 heterocycles. The second-order valence-electron chi connectivity index (χ2n) is 4.88. The number of rotatable bonds is 7. The number of hydrogen-bond donors (Lipinski definition) is 2. The van der Waals surface area contributed by atoms with Crippen molar-refractivity contribution in [3.05, 3.63) is 29.8 Å². The Morgan fingerprint density at radius 3 is 2.30 bits per heavy atom. The molecule has 1 aromatic carbocycles. The van der Waals surface area contributed by atoms with Crippen LogP contribution >= 0.6 is 12.2 Å². The summed E-state index contributed by atoms with van der Waals surface area (Å²) in [5, 5.41) is 2.88. The number of hydrogen-bond acceptors (Lipinski definition) is 3. The molecule has 0 unspecified atom stereocenters. The van der Waals surface area contributed by atoms with E-state index < -0.39 is 0 Å². The average molecular weight is 293 g/mol. The van der Waals surface area contributed by atoms with Crippen molar-refractivity contribution in [1.82, 2.24) is 4.90 Å². The molecular formula is C15H23N3OS. The minimum absolute atomic E-state index is 0.0116. The van der Waals surface area contributed by atoms with Gasteiger partial charge in [-0.15, -0.1) is 0 Å². The molecule has 0 radical (unpaired) electrons. The van der Waals surface area contributed by atoms with Crippen molar-refractivity contribution in [2.24, 2.45) is 5.73 Å². The summed E-state index contributed by atoms with van der Waals surface area (Å²) in [6, 6.07) is 7.68. The minimum atomic E-state index is -0.0116. The van der Waals surface area contributed by atoms with Crippen LogP contribution < -0.4 is 11.1 Å². The number of likely N-dealkylation sites (N-methyl/N-ethyl adjacent to an activating group) is 1. The molecule has 0 atom stereocenters. The van der Waals surface area contributed by atoms with E-state index in [2.05, 4.69) is 24.1 Å². The summed E-state index contributed by atoms with van der Waals surface area (Å²) in [5.74, 6) is -0.0116. The van der Waals surface area contributed by atoms with Gasteiger partial charge in [-0.05, 0) is 44.2 Å². The van der Waals surface area contributed by atoms with Crippen molar-refractivity contribution in [2.45, 2.75) is 32.7 Å². The molecule has 1 aromatic rings. The number of nitrogens with one attached hydrogen (secondary N) is 1. The summed E-state index contributed by atoms with van der Waals surface area (Å²) < 4.78 is 0. The molecule has 3 N–H and O–H groups in total. The van der Waals surface area contributed by atoms with Gasteiger partial charge in [0, 0.05) is 17.3 Å². The van der Waals surface area contributed by atoms with Crippen molar-refractivity contribution in [3.63, 3.8) is 0 Å². The number of benzene rings is 1. The van der Waals surface area contributed by atoms with Crippen LogP contribution in [0.4, 0.5) is 5.69 Å². The number of amides is 1. The third-order valence-electron chi connectivity index (χ3n) is 3.41. The Bertz CT molecular complexity index is 455. The van der Waals surface area contributed by atoms with Crippen LogP contribution in [0.1, 0.15) is 32.3 Å². The third kappa shape index (κ3) is 4.90. The van der Waals surface area contributed by atoms with Crippen LogP contribution in [0.25, 0.3) is 0 Å². The van der Waals surface area contributed by atoms with Gasteiger partial charge in [-0.25, -0.2) is 0 Å². The number of thiocarbonyl (C=S) groups is 1. The summed E-state index contributed by atoms with van der Waals surface area (Å²) in [6.45, 7) is 4.66. The van der Waals surface area contributed by atoms with Crippen LogP contribution in [0.15, 0.2) is 24.3 Å². The van der Waals surface area contributed by atoms with E-state index in [0.717, 1.165) is 24.1 Å². The van der Waals surface area contributed by atoms with Crippen LogP contribution in [-0.4, -0.2) is 35.4 Å². The maximum atomic E-state index is 12.0. The lowest BCUT2D eigenvalue weighted by molar-refractivity contribution is -0.117. The lowest BCUT2D eigenvalue weighted by Crippen LogP contribution is -2.37. The van der Waals surface area contributed by atoms with Gasteiger partial charge in [0.05, 0.1) is 6.54 Å². The molecular weight excluding hydrogens is 270 g/mol. The highest BCUT2D eigenvalue weighted by molar-refractivity contribution is 7.80. The zero-order valence-electron chi connectivity index (χ0n) is 12.3. The Morgan fingerprint density at radius 2 is 1.85 bits per heavy atom. The molecule has 0 spiro atoms. The summed E-state index contributed by atoms with van der Waals surface area (Å²) in [5.41, 5.74) is 7.09. The minimum Gasteiger partial charge on any atom is -0.389 e. The van der Waals surface area contributed by atoms with E-state index in [9.17, 15) is 4.79 Å². The van der Waals surface area contributed by atoms with E-state index >= 15 is 0 Å². The van der Waals surface area contributed by atoms with Crippen LogP contribution in [0, 0.1) is 0 Å². The zero-order valence-corrected chi connectivity index (χ0v) is 13.2. The van der Waals surface area contributed by atoms with Gasteiger partial charge in [-0.1, -0.05) is 26.1 Å². The fraction of sp³-hybridized carbons (Fsp3) is 0.467. The predicted octanol–water partition coefficient (Wildman–Crippen LogP) is 2.38. The summed E-state index contributed by atoms with van der Waals surface area (Å²) in [6.07, 6.45) is 2.09. The normalized spacial score (nSPS) is 10.8. The number of carbonyl (C=O) groups excluding carboxylic acids is 1. The number of anilines is 1. The lowest BCUT2D eigenvalue weighted by atomic mass is 10.1. The van der Waals surface area contributed by atoms with E-state index in [1.54, 1.807) is 0 Å². The molecule has 20 heavy (non-hydrogen) atoms. The van der Waals surface area contributed by atoms with Gasteiger partial charge < -0.3 is 11.1 Å². The topological polar surface area (TPSA) is 58.4 Å². The van der Waals surface area contributed by atoms with Crippen molar-refractivity contribution < 1.29 is 4.79 Å². The smallest absolute Gasteiger partial charge is 0.238 e. The molecule has 0 aliphatic rings. The Kier molecular flexibility index (Phi) is 6.61. The number of nitrogens with two attached hydrogens (primary N) is 1. The van der Waals surface area contributed by atoms with Crippen LogP contribution in [-0.2, 0) is 4.79 Å². The molecule has 110 valence electrons. The van der Waals surface area contributed by atoms with E-state index in [1.807, 2.05) is 31.3 Å². The molecule has 0 aliphatic heterocycles. The van der Waals surface area contributed by atoms with E-state index in [1.165, 1.54) is 0 Å². The Balaban J connectivity index is 2.55. The fourth-order valence-corrected chi connectivity index (χ4v) is 2.32. The van der Waals surface area contributed by atoms with Gasteiger partial charge in [-0.2, -0.15) is 0 Å². The molecule has 0 bridgehead atoms. The quantitative estimate of drug-likeness (QED) is 0.758. The van der Waals surface area contributed by atoms with Gasteiger partial charge in [-0.3, -0.25) is 9.69 Å². The van der Waals surface area contributed by atoms with Gasteiger partial charge in [0.1, 0.15) is 4.99 Å². The highest BCUT2D eigenvalue weighted by atomic mass is 32.1. The average Bonchev–Trinajstić information content (AvgIpc) is 2.40. The first kappa shape index (κ1) is 16.6. The molecule has 0 saturated carbocycles. The first-order valence-electron chi connectivity index (χ1n) is 6.87. The number of nitrogens with zero attached hydrogens (tertiary/aromatic N) is 1. The Labute approximate surface area is 126 Å². The summed E-state index contributed by atoms with van der Waals surface area (Å²) in [7, 11) is 1.98. The maximum absolute atomic E-state index is 12.0. The van der Waals surface area contributed by atoms with E-state index in [0.29, 0.717) is 17.6 Å². The van der Waals surface area contributed by atoms with Gasteiger partial charge >= 0.3 is 0 Å². The van der Waals surface area contributed by atoms with Gasteiger partial charge in [0.2, 0.25) is 5.91 Å². The summed E-state index contributed by atoms with van der Waals surface area (Å²) >= 11 is 4.89. The van der Waals surface area contributed by atoms with Crippen molar-refractivity contribution >= 4 is 28.8 Å².